The van der Waals surface area contributed by atoms with Gasteiger partial charge in [-0.05, 0) is 65.2 Å². The highest BCUT2D eigenvalue weighted by Crippen LogP contribution is 2.27. The zero-order valence-electron chi connectivity index (χ0n) is 12.8. The molecule has 7 heteroatoms. The maximum absolute atomic E-state index is 12.3. The van der Waals surface area contributed by atoms with E-state index >= 15 is 0 Å². The third kappa shape index (κ3) is 4.95. The minimum atomic E-state index is -3.55. The van der Waals surface area contributed by atoms with Crippen LogP contribution in [-0.2, 0) is 16.4 Å². The predicted molar refractivity (Wildman–Crippen MR) is 95.1 cm³/mol. The van der Waals surface area contributed by atoms with Gasteiger partial charge in [0.15, 0.2) is 0 Å². The van der Waals surface area contributed by atoms with Gasteiger partial charge in [-0.15, -0.1) is 0 Å². The summed E-state index contributed by atoms with van der Waals surface area (Å²) < 4.78 is 33.2. The molecular formula is C16H19BrN2O3S. The lowest BCUT2D eigenvalue weighted by Gasteiger charge is -2.10. The van der Waals surface area contributed by atoms with E-state index in [-0.39, 0.29) is 4.90 Å². The second kappa shape index (κ2) is 7.81. The summed E-state index contributed by atoms with van der Waals surface area (Å²) in [6, 6.07) is 12.1. The third-order valence-corrected chi connectivity index (χ3v) is 5.28. The summed E-state index contributed by atoms with van der Waals surface area (Å²) in [7, 11) is -3.55. The van der Waals surface area contributed by atoms with Crippen LogP contribution in [0.3, 0.4) is 0 Å². The first-order valence-electron chi connectivity index (χ1n) is 7.19. The largest absolute Gasteiger partial charge is 0.493 e. The van der Waals surface area contributed by atoms with Crippen LogP contribution in [0.25, 0.3) is 0 Å². The molecule has 0 atom stereocenters. The Hall–Kier alpha value is -1.57. The second-order valence-electron chi connectivity index (χ2n) is 4.91. The number of nitrogens with two attached hydrogens (primary N) is 1. The predicted octanol–water partition coefficient (Wildman–Crippen LogP) is 2.95. The number of anilines is 1. The van der Waals surface area contributed by atoms with Gasteiger partial charge in [0.2, 0.25) is 10.0 Å². The summed E-state index contributed by atoms with van der Waals surface area (Å²) in [5.74, 6) is 0.619. The number of sulfonamides is 1. The van der Waals surface area contributed by atoms with E-state index in [0.29, 0.717) is 35.5 Å². The summed E-state index contributed by atoms with van der Waals surface area (Å²) in [5.41, 5.74) is 7.33. The molecule has 124 valence electrons. The van der Waals surface area contributed by atoms with E-state index < -0.39 is 10.0 Å². The number of hydrogen-bond acceptors (Lipinski definition) is 4. The number of nitrogen functional groups attached to an aromatic ring is 1. The number of halogens is 1. The van der Waals surface area contributed by atoms with Crippen molar-refractivity contribution >= 4 is 31.6 Å². The number of rotatable bonds is 7. The Bertz CT molecular complexity index is 761. The van der Waals surface area contributed by atoms with E-state index in [4.69, 9.17) is 10.5 Å². The van der Waals surface area contributed by atoms with Gasteiger partial charge in [0.25, 0.3) is 0 Å². The van der Waals surface area contributed by atoms with Crippen molar-refractivity contribution in [2.45, 2.75) is 18.2 Å². The molecule has 0 aliphatic heterocycles. The van der Waals surface area contributed by atoms with E-state index in [2.05, 4.69) is 20.7 Å². The highest BCUT2D eigenvalue weighted by atomic mass is 79.9. The molecule has 0 saturated heterocycles. The molecule has 0 saturated carbocycles. The standard InChI is InChI=1S/C16H19BrN2O3S/c1-2-22-16-8-7-14(11-15(16)17)23(20,21)19-10-9-12-3-5-13(18)6-4-12/h3-8,11,19H,2,9-10,18H2,1H3. The molecule has 2 aromatic carbocycles. The highest BCUT2D eigenvalue weighted by Gasteiger charge is 2.15. The van der Waals surface area contributed by atoms with Crippen molar-refractivity contribution in [3.63, 3.8) is 0 Å². The zero-order valence-corrected chi connectivity index (χ0v) is 15.2. The fraction of sp³-hybridized carbons (Fsp3) is 0.250. The summed E-state index contributed by atoms with van der Waals surface area (Å²) in [6.07, 6.45) is 0.595. The average Bonchev–Trinajstić information content (AvgIpc) is 2.51. The average molecular weight is 399 g/mol. The zero-order chi connectivity index (χ0) is 16.9. The normalized spacial score (nSPS) is 11.4. The number of hydrogen-bond donors (Lipinski definition) is 2. The van der Waals surface area contributed by atoms with Crippen LogP contribution >= 0.6 is 15.9 Å². The first-order valence-corrected chi connectivity index (χ1v) is 9.46. The molecular weight excluding hydrogens is 380 g/mol. The summed E-state index contributed by atoms with van der Waals surface area (Å²) in [5, 5.41) is 0. The molecule has 0 fully saturated rings. The van der Waals surface area contributed by atoms with Crippen LogP contribution in [0.15, 0.2) is 51.8 Å². The van der Waals surface area contributed by atoms with Gasteiger partial charge in [-0.2, -0.15) is 0 Å². The van der Waals surface area contributed by atoms with Gasteiger partial charge in [-0.3, -0.25) is 0 Å². The molecule has 3 N–H and O–H groups in total. The fourth-order valence-electron chi connectivity index (χ4n) is 2.02. The maximum atomic E-state index is 12.3. The molecule has 0 aliphatic carbocycles. The first kappa shape index (κ1) is 17.8. The Labute approximate surface area is 145 Å². The fourth-order valence-corrected chi connectivity index (χ4v) is 3.72. The molecule has 0 unspecified atom stereocenters. The van der Waals surface area contributed by atoms with Gasteiger partial charge in [-0.25, -0.2) is 13.1 Å². The van der Waals surface area contributed by atoms with Crippen LogP contribution in [0.5, 0.6) is 5.75 Å². The van der Waals surface area contributed by atoms with E-state index in [9.17, 15) is 8.42 Å². The van der Waals surface area contributed by atoms with Crippen LogP contribution in [0, 0.1) is 0 Å². The van der Waals surface area contributed by atoms with Crippen molar-refractivity contribution in [1.29, 1.82) is 0 Å². The molecule has 0 aliphatic rings. The van der Waals surface area contributed by atoms with Gasteiger partial charge in [0.1, 0.15) is 5.75 Å². The molecule has 0 spiro atoms. The van der Waals surface area contributed by atoms with E-state index in [1.165, 1.54) is 12.1 Å². The Balaban J connectivity index is 2.01. The highest BCUT2D eigenvalue weighted by molar-refractivity contribution is 9.10. The van der Waals surface area contributed by atoms with Gasteiger partial charge >= 0.3 is 0 Å². The minimum absolute atomic E-state index is 0.199. The van der Waals surface area contributed by atoms with Crippen LogP contribution in [0.2, 0.25) is 0 Å². The van der Waals surface area contributed by atoms with E-state index in [1.807, 2.05) is 19.1 Å². The molecule has 5 nitrogen and oxygen atoms in total. The number of nitrogens with one attached hydrogen (secondary N) is 1. The van der Waals surface area contributed by atoms with Gasteiger partial charge < -0.3 is 10.5 Å². The molecule has 0 heterocycles. The van der Waals surface area contributed by atoms with Crippen molar-refractivity contribution in [2.24, 2.45) is 0 Å². The number of ether oxygens (including phenoxy) is 1. The lowest BCUT2D eigenvalue weighted by molar-refractivity contribution is 0.338. The molecule has 2 rings (SSSR count). The molecule has 0 bridgehead atoms. The van der Waals surface area contributed by atoms with Crippen LogP contribution in [-0.4, -0.2) is 21.6 Å². The Morgan fingerprint density at radius 1 is 1.17 bits per heavy atom. The van der Waals surface area contributed by atoms with Gasteiger partial charge in [0, 0.05) is 12.2 Å². The van der Waals surface area contributed by atoms with Crippen molar-refractivity contribution in [1.82, 2.24) is 4.72 Å². The summed E-state index contributed by atoms with van der Waals surface area (Å²) >= 11 is 3.32. The van der Waals surface area contributed by atoms with Crippen LogP contribution < -0.4 is 15.2 Å². The topological polar surface area (TPSA) is 81.4 Å². The molecule has 0 radical (unpaired) electrons. The quantitative estimate of drug-likeness (QED) is 0.702. The smallest absolute Gasteiger partial charge is 0.240 e. The Morgan fingerprint density at radius 2 is 1.87 bits per heavy atom. The monoisotopic (exact) mass is 398 g/mol. The van der Waals surface area contributed by atoms with Crippen molar-refractivity contribution in [2.75, 3.05) is 18.9 Å². The maximum Gasteiger partial charge on any atom is 0.240 e. The van der Waals surface area contributed by atoms with Crippen molar-refractivity contribution in [3.05, 3.63) is 52.5 Å². The molecule has 0 amide bonds. The second-order valence-corrected chi connectivity index (χ2v) is 7.54. The summed E-state index contributed by atoms with van der Waals surface area (Å²) in [6.45, 7) is 2.71. The molecule has 0 aromatic heterocycles. The Kier molecular flexibility index (Phi) is 6.04. The lowest BCUT2D eigenvalue weighted by Crippen LogP contribution is -2.26. The van der Waals surface area contributed by atoms with E-state index in [1.54, 1.807) is 18.2 Å². The molecule has 23 heavy (non-hydrogen) atoms. The van der Waals surface area contributed by atoms with Crippen LogP contribution in [0.4, 0.5) is 5.69 Å². The van der Waals surface area contributed by atoms with Crippen molar-refractivity contribution in [3.8, 4) is 5.75 Å². The van der Waals surface area contributed by atoms with E-state index in [0.717, 1.165) is 5.56 Å². The SMILES string of the molecule is CCOc1ccc(S(=O)(=O)NCCc2ccc(N)cc2)cc1Br. The minimum Gasteiger partial charge on any atom is -0.493 e. The van der Waals surface area contributed by atoms with Gasteiger partial charge in [-0.1, -0.05) is 12.1 Å². The van der Waals surface area contributed by atoms with Crippen molar-refractivity contribution < 1.29 is 13.2 Å². The van der Waals surface area contributed by atoms with Crippen LogP contribution in [0.1, 0.15) is 12.5 Å². The van der Waals surface area contributed by atoms with Gasteiger partial charge in [0.05, 0.1) is 16.0 Å². The first-order chi connectivity index (χ1) is 10.9. The number of benzene rings is 2. The summed E-state index contributed by atoms with van der Waals surface area (Å²) in [4.78, 5) is 0.199. The lowest BCUT2D eigenvalue weighted by atomic mass is 10.1. The molecule has 2 aromatic rings. The Morgan fingerprint density at radius 3 is 2.48 bits per heavy atom. The third-order valence-electron chi connectivity index (χ3n) is 3.20.